The van der Waals surface area contributed by atoms with Crippen LogP contribution in [0.3, 0.4) is 0 Å². The fourth-order valence-electron chi connectivity index (χ4n) is 1.81. The topological polar surface area (TPSA) is 69.4 Å². The van der Waals surface area contributed by atoms with Crippen molar-refractivity contribution >= 4 is 40.2 Å². The molecule has 0 fully saturated rings. The summed E-state index contributed by atoms with van der Waals surface area (Å²) in [4.78, 5) is 4.34. The van der Waals surface area contributed by atoms with E-state index in [0.717, 1.165) is 0 Å². The predicted octanol–water partition coefficient (Wildman–Crippen LogP) is 3.13. The lowest BCUT2D eigenvalue weighted by Crippen LogP contribution is -2.12. The SMILES string of the molecule is COc1cc(OC)c(Nc2cnccc2C(N)=S)cc1Cl. The minimum Gasteiger partial charge on any atom is -0.495 e. The van der Waals surface area contributed by atoms with Gasteiger partial charge in [0.05, 0.1) is 36.8 Å². The van der Waals surface area contributed by atoms with E-state index in [2.05, 4.69) is 10.3 Å². The smallest absolute Gasteiger partial charge is 0.146 e. The van der Waals surface area contributed by atoms with Gasteiger partial charge in [0.2, 0.25) is 0 Å². The molecule has 21 heavy (non-hydrogen) atoms. The Morgan fingerprint density at radius 3 is 2.57 bits per heavy atom. The number of nitrogens with one attached hydrogen (secondary N) is 1. The first-order valence-electron chi connectivity index (χ1n) is 5.99. The van der Waals surface area contributed by atoms with Crippen LogP contribution in [0.1, 0.15) is 5.56 Å². The lowest BCUT2D eigenvalue weighted by molar-refractivity contribution is 0.396. The average molecular weight is 324 g/mol. The summed E-state index contributed by atoms with van der Waals surface area (Å²) < 4.78 is 10.5. The van der Waals surface area contributed by atoms with Crippen molar-refractivity contribution in [2.45, 2.75) is 0 Å². The molecule has 2 rings (SSSR count). The Morgan fingerprint density at radius 2 is 1.95 bits per heavy atom. The molecule has 0 atom stereocenters. The van der Waals surface area contributed by atoms with Gasteiger partial charge in [-0.1, -0.05) is 23.8 Å². The summed E-state index contributed by atoms with van der Waals surface area (Å²) in [5.74, 6) is 1.11. The molecule has 0 unspecified atom stereocenters. The normalized spacial score (nSPS) is 10.0. The largest absolute Gasteiger partial charge is 0.495 e. The zero-order valence-corrected chi connectivity index (χ0v) is 13.1. The molecule has 0 aliphatic rings. The number of anilines is 2. The fraction of sp³-hybridized carbons (Fsp3) is 0.143. The number of methoxy groups -OCH3 is 2. The molecule has 110 valence electrons. The molecule has 3 N–H and O–H groups in total. The van der Waals surface area contributed by atoms with Crippen LogP contribution in [0, 0.1) is 0 Å². The summed E-state index contributed by atoms with van der Waals surface area (Å²) in [7, 11) is 3.10. The Labute approximate surface area is 133 Å². The van der Waals surface area contributed by atoms with Gasteiger partial charge in [0.25, 0.3) is 0 Å². The number of thiocarbonyl (C=S) groups is 1. The zero-order valence-electron chi connectivity index (χ0n) is 11.5. The first-order valence-corrected chi connectivity index (χ1v) is 6.77. The van der Waals surface area contributed by atoms with E-state index in [4.69, 9.17) is 39.0 Å². The van der Waals surface area contributed by atoms with Crippen molar-refractivity contribution in [3.63, 3.8) is 0 Å². The highest BCUT2D eigenvalue weighted by Gasteiger charge is 2.12. The summed E-state index contributed by atoms with van der Waals surface area (Å²) in [5, 5.41) is 3.63. The second-order valence-corrected chi connectivity index (χ2v) is 4.94. The number of hydrogen-bond donors (Lipinski definition) is 2. The van der Waals surface area contributed by atoms with Crippen molar-refractivity contribution in [2.24, 2.45) is 5.73 Å². The van der Waals surface area contributed by atoms with E-state index in [1.165, 1.54) is 0 Å². The quantitative estimate of drug-likeness (QED) is 0.824. The highest BCUT2D eigenvalue weighted by molar-refractivity contribution is 7.80. The van der Waals surface area contributed by atoms with Gasteiger partial charge in [0.15, 0.2) is 0 Å². The molecular formula is C14H14ClN3O2S. The molecule has 0 aliphatic carbocycles. The van der Waals surface area contributed by atoms with Gasteiger partial charge in [0.1, 0.15) is 16.5 Å². The Balaban J connectivity index is 2.44. The van der Waals surface area contributed by atoms with Crippen LogP contribution in [-0.4, -0.2) is 24.2 Å². The Morgan fingerprint density at radius 1 is 1.24 bits per heavy atom. The van der Waals surface area contributed by atoms with Gasteiger partial charge in [0, 0.05) is 17.8 Å². The summed E-state index contributed by atoms with van der Waals surface area (Å²) in [6.45, 7) is 0. The second-order valence-electron chi connectivity index (χ2n) is 4.10. The van der Waals surface area contributed by atoms with E-state index >= 15 is 0 Å². The molecule has 0 bridgehead atoms. The zero-order chi connectivity index (χ0) is 15.4. The molecule has 0 spiro atoms. The molecule has 0 saturated carbocycles. The molecule has 0 radical (unpaired) electrons. The number of aromatic nitrogens is 1. The highest BCUT2D eigenvalue weighted by atomic mass is 35.5. The maximum absolute atomic E-state index is 6.14. The molecule has 0 amide bonds. The lowest BCUT2D eigenvalue weighted by Gasteiger charge is -2.15. The summed E-state index contributed by atoms with van der Waals surface area (Å²) in [5.41, 5.74) is 7.72. The van der Waals surface area contributed by atoms with Crippen LogP contribution in [0.5, 0.6) is 11.5 Å². The highest BCUT2D eigenvalue weighted by Crippen LogP contribution is 2.37. The Kier molecular flexibility index (Phi) is 4.82. The van der Waals surface area contributed by atoms with E-state index in [-0.39, 0.29) is 4.99 Å². The van der Waals surface area contributed by atoms with Crippen molar-refractivity contribution in [3.05, 3.63) is 41.2 Å². The minimum absolute atomic E-state index is 0.276. The summed E-state index contributed by atoms with van der Waals surface area (Å²) in [6, 6.07) is 5.14. The van der Waals surface area contributed by atoms with E-state index in [0.29, 0.717) is 33.5 Å². The van der Waals surface area contributed by atoms with Gasteiger partial charge in [-0.3, -0.25) is 4.98 Å². The van der Waals surface area contributed by atoms with Crippen molar-refractivity contribution in [1.82, 2.24) is 4.98 Å². The number of nitrogens with two attached hydrogens (primary N) is 1. The van der Waals surface area contributed by atoms with Crippen molar-refractivity contribution in [1.29, 1.82) is 0 Å². The standard InChI is InChI=1S/C14H14ClN3O2S/c1-19-12-6-13(20-2)10(5-9(12)15)18-11-7-17-4-3-8(11)14(16)21/h3-7,18H,1-2H3,(H2,16,21). The van der Waals surface area contributed by atoms with Gasteiger partial charge >= 0.3 is 0 Å². The van der Waals surface area contributed by atoms with Gasteiger partial charge in [-0.15, -0.1) is 0 Å². The van der Waals surface area contributed by atoms with Crippen molar-refractivity contribution in [3.8, 4) is 11.5 Å². The third-order valence-corrected chi connectivity index (χ3v) is 3.35. The number of nitrogens with zero attached hydrogens (tertiary/aromatic N) is 1. The van der Waals surface area contributed by atoms with Crippen molar-refractivity contribution in [2.75, 3.05) is 19.5 Å². The molecule has 1 aromatic heterocycles. The Bertz CT molecular complexity index is 679. The van der Waals surface area contributed by atoms with Crippen LogP contribution >= 0.6 is 23.8 Å². The van der Waals surface area contributed by atoms with Crippen molar-refractivity contribution < 1.29 is 9.47 Å². The van der Waals surface area contributed by atoms with Gasteiger partial charge in [-0.25, -0.2) is 0 Å². The van der Waals surface area contributed by atoms with Crippen LogP contribution < -0.4 is 20.5 Å². The van der Waals surface area contributed by atoms with Crippen LogP contribution in [0.4, 0.5) is 11.4 Å². The summed E-state index contributed by atoms with van der Waals surface area (Å²) >= 11 is 11.2. The first kappa shape index (κ1) is 15.3. The number of hydrogen-bond acceptors (Lipinski definition) is 5. The second kappa shape index (κ2) is 6.60. The third-order valence-electron chi connectivity index (χ3n) is 2.83. The molecule has 1 heterocycles. The molecule has 2 aromatic rings. The Hall–Kier alpha value is -2.05. The predicted molar refractivity (Wildman–Crippen MR) is 88.0 cm³/mol. The number of pyridine rings is 1. The van der Waals surface area contributed by atoms with Crippen LogP contribution in [-0.2, 0) is 0 Å². The number of halogens is 1. The van der Waals surface area contributed by atoms with Gasteiger partial charge in [-0.05, 0) is 12.1 Å². The molecule has 7 heteroatoms. The number of rotatable bonds is 5. The lowest BCUT2D eigenvalue weighted by atomic mass is 10.2. The molecule has 0 aliphatic heterocycles. The fourth-order valence-corrected chi connectivity index (χ4v) is 2.23. The van der Waals surface area contributed by atoms with Crippen LogP contribution in [0.2, 0.25) is 5.02 Å². The monoisotopic (exact) mass is 323 g/mol. The number of benzene rings is 1. The van der Waals surface area contributed by atoms with E-state index in [9.17, 15) is 0 Å². The molecule has 1 aromatic carbocycles. The summed E-state index contributed by atoms with van der Waals surface area (Å²) in [6.07, 6.45) is 3.25. The van der Waals surface area contributed by atoms with E-state index in [1.54, 1.807) is 44.8 Å². The number of ether oxygens (including phenoxy) is 2. The third kappa shape index (κ3) is 3.34. The minimum atomic E-state index is 0.276. The molecular weight excluding hydrogens is 310 g/mol. The first-order chi connectivity index (χ1) is 10.1. The van der Waals surface area contributed by atoms with Gasteiger partial charge in [-0.2, -0.15) is 0 Å². The van der Waals surface area contributed by atoms with Crippen LogP contribution in [0.15, 0.2) is 30.6 Å². The molecule has 5 nitrogen and oxygen atoms in total. The van der Waals surface area contributed by atoms with Crippen LogP contribution in [0.25, 0.3) is 0 Å². The van der Waals surface area contributed by atoms with E-state index < -0.39 is 0 Å². The van der Waals surface area contributed by atoms with Gasteiger partial charge < -0.3 is 20.5 Å². The maximum atomic E-state index is 6.14. The molecule has 0 saturated heterocycles. The average Bonchev–Trinajstić information content (AvgIpc) is 2.48. The van der Waals surface area contributed by atoms with E-state index in [1.807, 2.05) is 0 Å². The maximum Gasteiger partial charge on any atom is 0.146 e.